The molecule has 0 bridgehead atoms. The zero-order valence-electron chi connectivity index (χ0n) is 6.35. The van der Waals surface area contributed by atoms with E-state index in [1.54, 1.807) is 0 Å². The summed E-state index contributed by atoms with van der Waals surface area (Å²) in [6.45, 7) is 0.910. The molecule has 0 saturated heterocycles. The average molecular weight is 227 g/mol. The molecule has 1 aliphatic carbocycles. The van der Waals surface area contributed by atoms with Crippen LogP contribution in [-0.4, -0.2) is 13.6 Å². The maximum atomic E-state index is 4.89. The molecule has 4 heteroatoms. The van der Waals surface area contributed by atoms with E-state index in [1.807, 2.05) is 7.05 Å². The minimum absolute atomic E-state index is 0.556. The summed E-state index contributed by atoms with van der Waals surface area (Å²) in [5, 5.41) is 4.01. The van der Waals surface area contributed by atoms with E-state index in [2.05, 4.69) is 23.5 Å². The van der Waals surface area contributed by atoms with Crippen molar-refractivity contribution in [2.45, 2.75) is 6.42 Å². The van der Waals surface area contributed by atoms with Crippen LogP contribution in [0.15, 0.2) is 23.8 Å². The summed E-state index contributed by atoms with van der Waals surface area (Å²) in [5.41, 5.74) is 1.42. The normalized spacial score (nSPS) is 13.5. The van der Waals surface area contributed by atoms with Crippen LogP contribution < -0.4 is 0 Å². The zero-order chi connectivity index (χ0) is 8.53. The summed E-state index contributed by atoms with van der Waals surface area (Å²) in [6, 6.07) is 0. The van der Waals surface area contributed by atoms with E-state index in [0.717, 1.165) is 13.0 Å². The number of hydrogen-bond donors (Lipinski definition) is 0. The molecule has 0 saturated carbocycles. The molecule has 0 aromatic carbocycles. The van der Waals surface area contributed by atoms with Gasteiger partial charge in [-0.3, -0.25) is 0 Å². The van der Waals surface area contributed by atoms with Crippen molar-refractivity contribution in [3.05, 3.63) is 29.1 Å². The molecule has 0 aliphatic heterocycles. The third-order valence-electron chi connectivity index (χ3n) is 1.21. The maximum absolute atomic E-state index is 4.89. The van der Waals surface area contributed by atoms with E-state index in [1.165, 1.54) is 5.57 Å². The second-order valence-electron chi connectivity index (χ2n) is 2.00. The molecule has 0 spiro atoms. The van der Waals surface area contributed by atoms with Gasteiger partial charge in [0, 0.05) is 0 Å². The number of likely N-dealkylation sites (N-methyl/N-ethyl adjacent to an activating group) is 1. The van der Waals surface area contributed by atoms with Gasteiger partial charge in [-0.1, -0.05) is 23.8 Å². The van der Waals surface area contributed by atoms with E-state index in [4.69, 9.17) is 18.6 Å². The Kier molecular flexibility index (Phi) is 9.42. The van der Waals surface area contributed by atoms with Gasteiger partial charge in [-0.25, -0.2) is 0 Å². The van der Waals surface area contributed by atoms with Gasteiger partial charge in [0.15, 0.2) is 0 Å². The van der Waals surface area contributed by atoms with Gasteiger partial charge < -0.3 is 5.32 Å². The molecule has 1 aliphatic rings. The molecule has 0 heterocycles. The van der Waals surface area contributed by atoms with Gasteiger partial charge in [-0.2, -0.15) is 7.05 Å². The van der Waals surface area contributed by atoms with Crippen LogP contribution in [0.5, 0.6) is 0 Å². The van der Waals surface area contributed by atoms with Crippen molar-refractivity contribution in [3.8, 4) is 0 Å². The van der Waals surface area contributed by atoms with Crippen molar-refractivity contribution in [1.82, 2.24) is 0 Å². The molecule has 0 unspecified atom stereocenters. The van der Waals surface area contributed by atoms with Crippen molar-refractivity contribution >= 4 is 18.6 Å². The Morgan fingerprint density at radius 3 is 2.64 bits per heavy atom. The van der Waals surface area contributed by atoms with Gasteiger partial charge >= 0.3 is 35.6 Å². The van der Waals surface area contributed by atoms with Crippen LogP contribution in [0, 0.1) is 0 Å². The summed E-state index contributed by atoms with van der Waals surface area (Å²) in [4.78, 5) is 0. The Labute approximate surface area is 84.5 Å². The number of rotatable bonds is 2. The summed E-state index contributed by atoms with van der Waals surface area (Å²) >= 11 is -0.556. The van der Waals surface area contributed by atoms with Gasteiger partial charge in [0.2, 0.25) is 0 Å². The van der Waals surface area contributed by atoms with Crippen LogP contribution in [-0.2, 0) is 17.0 Å². The molecule has 11 heavy (non-hydrogen) atoms. The first-order valence-electron chi connectivity index (χ1n) is 3.21. The summed E-state index contributed by atoms with van der Waals surface area (Å²) < 4.78 is 0. The fourth-order valence-corrected chi connectivity index (χ4v) is 0.812. The molecule has 1 nitrogen and oxygen atoms in total. The number of nitrogens with zero attached hydrogens (tertiary/aromatic N) is 1. The molecule has 0 aromatic rings. The SMILES string of the molecule is C[N-]CC1=CC=CC1.[Cl][Ti][Cl]. The van der Waals surface area contributed by atoms with E-state index in [0.29, 0.717) is 0 Å². The fourth-order valence-electron chi connectivity index (χ4n) is 0.812. The van der Waals surface area contributed by atoms with E-state index >= 15 is 0 Å². The van der Waals surface area contributed by atoms with E-state index < -0.39 is 17.0 Å². The van der Waals surface area contributed by atoms with Gasteiger partial charge in [0.1, 0.15) is 0 Å². The zero-order valence-corrected chi connectivity index (χ0v) is 9.42. The first kappa shape index (κ1) is 11.7. The molecule has 62 valence electrons. The quantitative estimate of drug-likeness (QED) is 0.642. The second kappa shape index (κ2) is 8.83. The molecular formula is C7H10Cl2NTi-. The molecule has 0 amide bonds. The Morgan fingerprint density at radius 2 is 2.27 bits per heavy atom. The fraction of sp³-hybridized carbons (Fsp3) is 0.429. The number of allylic oxidation sites excluding steroid dienone is 3. The Morgan fingerprint density at radius 1 is 1.64 bits per heavy atom. The molecule has 0 aromatic heterocycles. The van der Waals surface area contributed by atoms with Crippen molar-refractivity contribution in [2.75, 3.05) is 13.6 Å². The van der Waals surface area contributed by atoms with Gasteiger partial charge in [0.25, 0.3) is 0 Å². The predicted octanol–water partition coefficient (Wildman–Crippen LogP) is 3.25. The van der Waals surface area contributed by atoms with E-state index in [9.17, 15) is 0 Å². The standard InChI is InChI=1S/C7H10N.2ClH.Ti/c1-8-6-7-4-2-3-5-7;;;/h2-4H,5-6H2,1H3;2*1H;/q-1;;;+2/p-2. The van der Waals surface area contributed by atoms with Crippen LogP contribution >= 0.6 is 18.6 Å². The molecule has 0 atom stereocenters. The molecular weight excluding hydrogens is 217 g/mol. The van der Waals surface area contributed by atoms with Crippen molar-refractivity contribution in [2.24, 2.45) is 0 Å². The summed E-state index contributed by atoms with van der Waals surface area (Å²) in [7, 11) is 11.6. The van der Waals surface area contributed by atoms with Crippen molar-refractivity contribution in [3.63, 3.8) is 0 Å². The molecule has 1 rings (SSSR count). The Balaban J connectivity index is 0.000000292. The number of hydrogen-bond acceptors (Lipinski definition) is 0. The summed E-state index contributed by atoms with van der Waals surface area (Å²) in [5.74, 6) is 0. The van der Waals surface area contributed by atoms with Crippen LogP contribution in [0.2, 0.25) is 0 Å². The van der Waals surface area contributed by atoms with Crippen LogP contribution in [0.4, 0.5) is 0 Å². The minimum atomic E-state index is -0.556. The van der Waals surface area contributed by atoms with Gasteiger partial charge in [0.05, 0.1) is 0 Å². The average Bonchev–Trinajstić information content (AvgIpc) is 2.42. The van der Waals surface area contributed by atoms with Crippen LogP contribution in [0.25, 0.3) is 5.32 Å². The summed E-state index contributed by atoms with van der Waals surface area (Å²) in [6.07, 6.45) is 7.48. The topological polar surface area (TPSA) is 14.1 Å². The van der Waals surface area contributed by atoms with Crippen LogP contribution in [0.1, 0.15) is 6.42 Å². The van der Waals surface area contributed by atoms with Gasteiger partial charge in [-0.05, 0) is 6.42 Å². The van der Waals surface area contributed by atoms with Gasteiger partial charge in [-0.15, -0.1) is 6.54 Å². The Bertz CT molecular complexity index is 145. The predicted molar refractivity (Wildman–Crippen MR) is 47.7 cm³/mol. The van der Waals surface area contributed by atoms with E-state index in [-0.39, 0.29) is 0 Å². The molecule has 0 N–H and O–H groups in total. The van der Waals surface area contributed by atoms with Crippen LogP contribution in [0.3, 0.4) is 0 Å². The first-order valence-corrected chi connectivity index (χ1v) is 7.51. The third kappa shape index (κ3) is 7.11. The molecule has 0 fully saturated rings. The van der Waals surface area contributed by atoms with Crippen molar-refractivity contribution in [1.29, 1.82) is 0 Å². The third-order valence-corrected chi connectivity index (χ3v) is 1.21. The first-order chi connectivity index (χ1) is 5.35. The molecule has 0 radical (unpaired) electrons. The number of halogens is 2. The monoisotopic (exact) mass is 226 g/mol. The second-order valence-corrected chi connectivity index (χ2v) is 4.58. The van der Waals surface area contributed by atoms with Crippen molar-refractivity contribution < 1.29 is 17.0 Å². The Hall–Kier alpha value is 0.734.